The zero-order valence-corrected chi connectivity index (χ0v) is 18.7. The molecule has 1 aromatic heterocycles. The van der Waals surface area contributed by atoms with Crippen molar-refractivity contribution < 1.29 is 4.79 Å². The van der Waals surface area contributed by atoms with E-state index in [4.69, 9.17) is 0 Å². The van der Waals surface area contributed by atoms with E-state index < -0.39 is 0 Å². The van der Waals surface area contributed by atoms with E-state index in [-0.39, 0.29) is 11.3 Å². The van der Waals surface area contributed by atoms with Gasteiger partial charge in [-0.3, -0.25) is 4.79 Å². The maximum atomic E-state index is 12.4. The molecule has 0 bridgehead atoms. The molecule has 2 aromatic rings. The van der Waals surface area contributed by atoms with Crippen molar-refractivity contribution in [2.45, 2.75) is 58.3 Å². The van der Waals surface area contributed by atoms with E-state index >= 15 is 0 Å². The van der Waals surface area contributed by atoms with Crippen LogP contribution in [0.1, 0.15) is 55.2 Å². The zero-order chi connectivity index (χ0) is 20.3. The summed E-state index contributed by atoms with van der Waals surface area (Å²) in [4.78, 5) is 14.9. The third kappa shape index (κ3) is 4.98. The number of nitrogens with zero attached hydrogens (tertiary/aromatic N) is 1. The molecule has 0 fully saturated rings. The highest BCUT2D eigenvalue weighted by molar-refractivity contribution is 7.99. The van der Waals surface area contributed by atoms with Gasteiger partial charge in [0.05, 0.1) is 5.56 Å². The maximum absolute atomic E-state index is 12.4. The van der Waals surface area contributed by atoms with Crippen LogP contribution in [0.4, 0.5) is 5.00 Å². The number of hydrogen-bond donors (Lipinski definition) is 1. The summed E-state index contributed by atoms with van der Waals surface area (Å²) in [6, 6.07) is 10.7. The Kier molecular flexibility index (Phi) is 6.52. The number of amides is 1. The number of nitrogens with one attached hydrogen (secondary N) is 1. The highest BCUT2D eigenvalue weighted by Gasteiger charge is 2.32. The van der Waals surface area contributed by atoms with Gasteiger partial charge in [-0.15, -0.1) is 23.1 Å². The first-order chi connectivity index (χ1) is 13.3. The first kappa shape index (κ1) is 21.0. The van der Waals surface area contributed by atoms with Gasteiger partial charge >= 0.3 is 0 Å². The van der Waals surface area contributed by atoms with Crippen molar-refractivity contribution in [2.75, 3.05) is 11.1 Å². The largest absolute Gasteiger partial charge is 0.317 e. The number of hydrogen-bond acceptors (Lipinski definition) is 4. The molecule has 1 aromatic carbocycles. The number of anilines is 1. The Morgan fingerprint density at radius 3 is 2.68 bits per heavy atom. The van der Waals surface area contributed by atoms with Gasteiger partial charge in [-0.25, -0.2) is 0 Å². The number of fused-ring (bicyclic) bond motifs is 1. The van der Waals surface area contributed by atoms with Crippen LogP contribution in [0, 0.1) is 29.6 Å². The quantitative estimate of drug-likeness (QED) is 0.595. The molecule has 148 valence electrons. The van der Waals surface area contributed by atoms with Gasteiger partial charge in [0, 0.05) is 21.9 Å². The lowest BCUT2D eigenvalue weighted by Crippen LogP contribution is -2.26. The van der Waals surface area contributed by atoms with Gasteiger partial charge in [-0.1, -0.05) is 38.5 Å². The average Bonchev–Trinajstić information content (AvgIpc) is 2.98. The third-order valence-corrected chi connectivity index (χ3v) is 7.66. The average molecular weight is 413 g/mol. The van der Waals surface area contributed by atoms with Crippen molar-refractivity contribution in [1.29, 1.82) is 5.26 Å². The van der Waals surface area contributed by atoms with Crippen LogP contribution in [0.25, 0.3) is 0 Å². The summed E-state index contributed by atoms with van der Waals surface area (Å²) in [6.07, 6.45) is 3.51. The van der Waals surface area contributed by atoms with E-state index in [1.54, 1.807) is 23.1 Å². The highest BCUT2D eigenvalue weighted by atomic mass is 32.2. The van der Waals surface area contributed by atoms with E-state index in [0.717, 1.165) is 35.6 Å². The Bertz CT molecular complexity index is 885. The zero-order valence-electron chi connectivity index (χ0n) is 17.1. The summed E-state index contributed by atoms with van der Waals surface area (Å²) in [5.74, 6) is 1.34. The van der Waals surface area contributed by atoms with Crippen LogP contribution >= 0.6 is 23.1 Å². The second-order valence-corrected chi connectivity index (χ2v) is 10.9. The number of carbonyl (C=O) groups excluding carboxylic acids is 1. The van der Waals surface area contributed by atoms with Gasteiger partial charge < -0.3 is 5.32 Å². The lowest BCUT2D eigenvalue weighted by Gasteiger charge is -2.33. The lowest BCUT2D eigenvalue weighted by atomic mass is 9.72. The Morgan fingerprint density at radius 1 is 1.32 bits per heavy atom. The molecule has 1 N–H and O–H groups in total. The molecule has 1 atom stereocenters. The van der Waals surface area contributed by atoms with Crippen molar-refractivity contribution in [3.63, 3.8) is 0 Å². The fraction of sp³-hybridized carbons (Fsp3) is 0.478. The smallest absolute Gasteiger partial charge is 0.225 e. The molecular weight excluding hydrogens is 384 g/mol. The van der Waals surface area contributed by atoms with Gasteiger partial charge in [-0.05, 0) is 55.2 Å². The van der Waals surface area contributed by atoms with Crippen LogP contribution in [0.2, 0.25) is 0 Å². The van der Waals surface area contributed by atoms with Crippen LogP contribution in [0.5, 0.6) is 0 Å². The van der Waals surface area contributed by atoms with Crippen molar-refractivity contribution in [3.8, 4) is 6.07 Å². The molecule has 0 saturated carbocycles. The molecule has 28 heavy (non-hydrogen) atoms. The molecule has 1 unspecified atom stereocenters. The highest BCUT2D eigenvalue weighted by Crippen LogP contribution is 2.44. The summed E-state index contributed by atoms with van der Waals surface area (Å²) in [5.41, 5.74) is 3.36. The Balaban J connectivity index is 1.61. The van der Waals surface area contributed by atoms with Crippen LogP contribution < -0.4 is 5.32 Å². The van der Waals surface area contributed by atoms with Gasteiger partial charge in [0.1, 0.15) is 11.1 Å². The molecule has 0 radical (unpaired) electrons. The first-order valence-electron chi connectivity index (χ1n) is 9.82. The predicted octanol–water partition coefficient (Wildman–Crippen LogP) is 6.20. The molecule has 1 aliphatic carbocycles. The van der Waals surface area contributed by atoms with Crippen LogP contribution in [-0.2, 0) is 17.6 Å². The first-order valence-corrected chi connectivity index (χ1v) is 11.6. The molecule has 3 nitrogen and oxygen atoms in total. The molecule has 0 spiro atoms. The van der Waals surface area contributed by atoms with Crippen LogP contribution in [0.3, 0.4) is 0 Å². The topological polar surface area (TPSA) is 52.9 Å². The Morgan fingerprint density at radius 2 is 2.04 bits per heavy atom. The minimum absolute atomic E-state index is 0.0120. The molecule has 5 heteroatoms. The fourth-order valence-corrected chi connectivity index (χ4v) is 5.76. The minimum Gasteiger partial charge on any atom is -0.317 e. The standard InChI is InChI=1S/C23H28N2OS2/c1-15-5-8-17(9-6-15)27-12-11-21(26)25-22-19(14-24)18-10-7-16(23(2,3)4)13-20(18)28-22/h5-6,8-9,16H,7,10-13H2,1-4H3,(H,25,26). The Labute approximate surface area is 176 Å². The van der Waals surface area contributed by atoms with Crippen molar-refractivity contribution >= 4 is 34.0 Å². The van der Waals surface area contributed by atoms with E-state index in [1.165, 1.54) is 15.3 Å². The minimum atomic E-state index is -0.0120. The van der Waals surface area contributed by atoms with Crippen LogP contribution in [0.15, 0.2) is 29.2 Å². The molecule has 0 aliphatic heterocycles. The van der Waals surface area contributed by atoms with Crippen LogP contribution in [-0.4, -0.2) is 11.7 Å². The summed E-state index contributed by atoms with van der Waals surface area (Å²) in [7, 11) is 0. The fourth-order valence-electron chi connectivity index (χ4n) is 3.62. The van der Waals surface area contributed by atoms with Crippen molar-refractivity contribution in [2.24, 2.45) is 11.3 Å². The molecular formula is C23H28N2OS2. The second-order valence-electron chi connectivity index (χ2n) is 8.59. The normalized spacial score (nSPS) is 16.3. The third-order valence-electron chi connectivity index (χ3n) is 5.47. The SMILES string of the molecule is Cc1ccc(SCCC(=O)Nc2sc3c(c2C#N)CCC(C(C)(C)C)C3)cc1. The van der Waals surface area contributed by atoms with E-state index in [2.05, 4.69) is 63.3 Å². The number of thioether (sulfide) groups is 1. The number of rotatable bonds is 5. The number of benzene rings is 1. The lowest BCUT2D eigenvalue weighted by molar-refractivity contribution is -0.115. The predicted molar refractivity (Wildman–Crippen MR) is 119 cm³/mol. The van der Waals surface area contributed by atoms with Gasteiger partial charge in [0.15, 0.2) is 0 Å². The monoisotopic (exact) mass is 412 g/mol. The molecule has 3 rings (SSSR count). The van der Waals surface area contributed by atoms with E-state index in [9.17, 15) is 10.1 Å². The summed E-state index contributed by atoms with van der Waals surface area (Å²) in [5, 5.41) is 13.4. The molecule has 1 heterocycles. The Hall–Kier alpha value is -1.77. The summed E-state index contributed by atoms with van der Waals surface area (Å²) >= 11 is 3.29. The second kappa shape index (κ2) is 8.71. The molecule has 1 aliphatic rings. The van der Waals surface area contributed by atoms with E-state index in [0.29, 0.717) is 17.9 Å². The number of thiophene rings is 1. The molecule has 0 saturated heterocycles. The van der Waals surface area contributed by atoms with Crippen molar-refractivity contribution in [3.05, 3.63) is 45.8 Å². The number of aryl methyl sites for hydroxylation is 1. The molecule has 1 amide bonds. The van der Waals surface area contributed by atoms with Gasteiger partial charge in [-0.2, -0.15) is 5.26 Å². The van der Waals surface area contributed by atoms with Gasteiger partial charge in [0.2, 0.25) is 5.91 Å². The summed E-state index contributed by atoms with van der Waals surface area (Å²) in [6.45, 7) is 8.93. The maximum Gasteiger partial charge on any atom is 0.225 e. The number of carbonyl (C=O) groups is 1. The summed E-state index contributed by atoms with van der Waals surface area (Å²) < 4.78 is 0. The van der Waals surface area contributed by atoms with Gasteiger partial charge in [0.25, 0.3) is 0 Å². The van der Waals surface area contributed by atoms with E-state index in [1.807, 2.05) is 0 Å². The van der Waals surface area contributed by atoms with Crippen molar-refractivity contribution in [1.82, 2.24) is 0 Å². The number of nitriles is 1.